The van der Waals surface area contributed by atoms with E-state index in [-0.39, 0.29) is 43.4 Å². The van der Waals surface area contributed by atoms with Gasteiger partial charge in [-0.15, -0.1) is 0 Å². The van der Waals surface area contributed by atoms with E-state index >= 15 is 4.39 Å². The molecule has 4 fully saturated rings. The Morgan fingerprint density at radius 1 is 0.956 bits per heavy atom. The zero-order valence-electron chi connectivity index (χ0n) is 24.6. The summed E-state index contributed by atoms with van der Waals surface area (Å²) in [6, 6.07) is 18.5. The van der Waals surface area contributed by atoms with Gasteiger partial charge < -0.3 is 24.1 Å². The lowest BCUT2D eigenvalue weighted by molar-refractivity contribution is -0.119. The molecule has 4 aliphatic rings. The summed E-state index contributed by atoms with van der Waals surface area (Å²) in [5.41, 5.74) is 4.79. The van der Waals surface area contributed by atoms with Crippen LogP contribution in [0.4, 0.5) is 8.78 Å². The van der Waals surface area contributed by atoms with Crippen molar-refractivity contribution in [1.29, 1.82) is 0 Å². The number of hydrogen-bond donors (Lipinski definition) is 1. The van der Waals surface area contributed by atoms with Gasteiger partial charge in [0.05, 0.1) is 30.2 Å². The summed E-state index contributed by atoms with van der Waals surface area (Å²) in [5.74, 6) is -0.434. The molecular formula is C35H34F2N2O6. The number of aliphatic hydroxyl groups is 1. The van der Waals surface area contributed by atoms with E-state index in [2.05, 4.69) is 0 Å². The molecule has 8 rings (SSSR count). The summed E-state index contributed by atoms with van der Waals surface area (Å²) in [5, 5.41) is 10.2. The normalized spacial score (nSPS) is 29.2. The summed E-state index contributed by atoms with van der Waals surface area (Å²) >= 11 is 0. The first-order valence-electron chi connectivity index (χ1n) is 15.7. The monoisotopic (exact) mass is 616 g/mol. The van der Waals surface area contributed by atoms with Gasteiger partial charge in [-0.25, -0.2) is 13.8 Å². The number of aromatic nitrogens is 2. The maximum absolute atomic E-state index is 15.8. The van der Waals surface area contributed by atoms with E-state index in [0.717, 1.165) is 36.0 Å². The number of aliphatic hydroxyl groups excluding tert-OH is 1. The number of hydrogen-bond acceptors (Lipinski definition) is 7. The molecule has 0 bridgehead atoms. The van der Waals surface area contributed by atoms with Crippen LogP contribution in [0.15, 0.2) is 60.7 Å². The minimum Gasteiger partial charge on any atom is -0.470 e. The number of Topliss-reactive ketones (excluding diaryl/α,β-unsaturated/α-hetero) is 1. The highest BCUT2D eigenvalue weighted by atomic mass is 19.1. The molecule has 45 heavy (non-hydrogen) atoms. The average Bonchev–Trinajstić information content (AvgIpc) is 3.32. The predicted molar refractivity (Wildman–Crippen MR) is 161 cm³/mol. The van der Waals surface area contributed by atoms with Crippen LogP contribution in [0.3, 0.4) is 0 Å². The van der Waals surface area contributed by atoms with Gasteiger partial charge in [0, 0.05) is 30.7 Å². The summed E-state index contributed by atoms with van der Waals surface area (Å²) < 4.78 is 54.9. The average molecular weight is 617 g/mol. The van der Waals surface area contributed by atoms with Crippen LogP contribution in [0.25, 0.3) is 33.4 Å². The van der Waals surface area contributed by atoms with Crippen LogP contribution in [0.2, 0.25) is 0 Å². The van der Waals surface area contributed by atoms with Gasteiger partial charge in [0.1, 0.15) is 42.2 Å². The molecule has 234 valence electrons. The van der Waals surface area contributed by atoms with E-state index in [1.807, 2.05) is 59.2 Å². The Labute approximate surface area is 258 Å². The van der Waals surface area contributed by atoms with Crippen LogP contribution < -0.4 is 4.74 Å². The second-order valence-corrected chi connectivity index (χ2v) is 12.5. The van der Waals surface area contributed by atoms with E-state index in [1.165, 1.54) is 6.07 Å². The third-order valence-electron chi connectivity index (χ3n) is 9.39. The molecule has 10 heteroatoms. The number of carbonyl (C=O) groups is 1. The molecule has 2 aromatic carbocycles. The van der Waals surface area contributed by atoms with Gasteiger partial charge in [-0.05, 0) is 42.4 Å². The smallest absolute Gasteiger partial charge is 0.198 e. The lowest BCUT2D eigenvalue weighted by Gasteiger charge is -2.27. The lowest BCUT2D eigenvalue weighted by atomic mass is 9.99. The van der Waals surface area contributed by atoms with Crippen LogP contribution in [0, 0.1) is 11.7 Å². The fourth-order valence-corrected chi connectivity index (χ4v) is 6.78. The van der Waals surface area contributed by atoms with Gasteiger partial charge in [-0.2, -0.15) is 0 Å². The number of benzene rings is 2. The second-order valence-electron chi connectivity index (χ2n) is 12.5. The van der Waals surface area contributed by atoms with E-state index in [0.29, 0.717) is 35.5 Å². The first kappa shape index (κ1) is 28.8. The third kappa shape index (κ3) is 5.43. The van der Waals surface area contributed by atoms with E-state index < -0.39 is 36.2 Å². The highest BCUT2D eigenvalue weighted by Gasteiger charge is 2.49. The maximum atomic E-state index is 15.8. The first-order valence-corrected chi connectivity index (χ1v) is 15.7. The number of ketones is 1. The standard InChI is InChI=1S/C35H34F2N2O6/c36-24-14-23(24)28(40)13-19-4-6-20(7-5-19)21-8-10-22(11-9-21)33-25(37)15-27-26(38-33)16-32(39(27)31-3-1-2-12-42-31)45-30-18-44-34-29(41)17-43-35(30)34/h4-11,15-16,23-24,29-31,34-35,41H,1-3,12-14,17-18H2/t23-,24+,29-,30-,31?,34-,35-/m1/s1. The Morgan fingerprint density at radius 3 is 2.38 bits per heavy atom. The molecular weight excluding hydrogens is 582 g/mol. The zero-order chi connectivity index (χ0) is 30.7. The minimum atomic E-state index is -0.978. The number of pyridine rings is 1. The number of ether oxygens (including phenoxy) is 4. The zero-order valence-corrected chi connectivity index (χ0v) is 24.6. The predicted octanol–water partition coefficient (Wildman–Crippen LogP) is 5.58. The van der Waals surface area contributed by atoms with Gasteiger partial charge >= 0.3 is 0 Å². The molecule has 3 saturated heterocycles. The number of carbonyl (C=O) groups excluding carboxylic acids is 1. The molecule has 0 radical (unpaired) electrons. The van der Waals surface area contributed by atoms with Crippen molar-refractivity contribution in [2.24, 2.45) is 5.92 Å². The largest absolute Gasteiger partial charge is 0.470 e. The number of nitrogens with zero attached hydrogens (tertiary/aromatic N) is 2. The SMILES string of the molecule is O=C(Cc1ccc(-c2ccc(-c3nc4cc(O[C@@H]5CO[C@H]6[C@@H]5OC[C@H]6O)n(C5CCCCO5)c4cc3F)cc2)cc1)[C@@H]1C[C@@H]1F. The summed E-state index contributed by atoms with van der Waals surface area (Å²) in [4.78, 5) is 16.9. The van der Waals surface area contributed by atoms with Crippen LogP contribution in [-0.2, 0) is 25.4 Å². The van der Waals surface area contributed by atoms with Crippen molar-refractivity contribution in [3.63, 3.8) is 0 Å². The molecule has 1 saturated carbocycles. The number of alkyl halides is 1. The van der Waals surface area contributed by atoms with Crippen LogP contribution >= 0.6 is 0 Å². The first-order chi connectivity index (χ1) is 21.9. The molecule has 1 unspecified atom stereocenters. The number of rotatable bonds is 8. The van der Waals surface area contributed by atoms with Crippen molar-refractivity contribution in [2.75, 3.05) is 19.8 Å². The van der Waals surface area contributed by atoms with Gasteiger partial charge in [-0.1, -0.05) is 48.5 Å². The summed E-state index contributed by atoms with van der Waals surface area (Å²) in [6.45, 7) is 1.09. The van der Waals surface area contributed by atoms with Gasteiger partial charge in [0.25, 0.3) is 0 Å². The molecule has 5 heterocycles. The van der Waals surface area contributed by atoms with E-state index in [1.54, 1.807) is 0 Å². The van der Waals surface area contributed by atoms with E-state index in [4.69, 9.17) is 23.9 Å². The van der Waals surface area contributed by atoms with Gasteiger partial charge in [0.2, 0.25) is 0 Å². The minimum absolute atomic E-state index is 0.0461. The molecule has 0 amide bonds. The number of halogens is 2. The second kappa shape index (κ2) is 11.6. The van der Waals surface area contributed by atoms with Crippen LogP contribution in [0.1, 0.15) is 37.5 Å². The summed E-state index contributed by atoms with van der Waals surface area (Å²) in [6.07, 6.45) is 0.0904. The third-order valence-corrected chi connectivity index (χ3v) is 9.39. The van der Waals surface area contributed by atoms with Crippen molar-refractivity contribution in [3.8, 4) is 28.3 Å². The van der Waals surface area contributed by atoms with Crippen LogP contribution in [-0.4, -0.2) is 70.8 Å². The Balaban J connectivity index is 1.06. The summed E-state index contributed by atoms with van der Waals surface area (Å²) in [7, 11) is 0. The van der Waals surface area contributed by atoms with Crippen molar-refractivity contribution in [3.05, 3.63) is 72.0 Å². The molecule has 3 aliphatic heterocycles. The molecule has 7 atom stereocenters. The fraction of sp³-hybridized carbons (Fsp3) is 0.429. The topological polar surface area (TPSA) is 92.0 Å². The Kier molecular flexibility index (Phi) is 7.40. The lowest BCUT2D eigenvalue weighted by Crippen LogP contribution is -2.35. The molecule has 0 spiro atoms. The van der Waals surface area contributed by atoms with Gasteiger partial charge in [0.15, 0.2) is 17.8 Å². The highest BCUT2D eigenvalue weighted by molar-refractivity contribution is 5.86. The molecule has 1 aliphatic carbocycles. The Morgan fingerprint density at radius 2 is 1.67 bits per heavy atom. The van der Waals surface area contributed by atoms with Crippen molar-refractivity contribution < 1.29 is 37.6 Å². The molecule has 1 N–H and O–H groups in total. The molecule has 8 nitrogen and oxygen atoms in total. The maximum Gasteiger partial charge on any atom is 0.198 e. The van der Waals surface area contributed by atoms with Crippen molar-refractivity contribution in [1.82, 2.24) is 9.55 Å². The quantitative estimate of drug-likeness (QED) is 0.276. The Bertz CT molecular complexity index is 1720. The van der Waals surface area contributed by atoms with Crippen LogP contribution in [0.5, 0.6) is 5.88 Å². The Hall–Kier alpha value is -3.70. The number of fused-ring (bicyclic) bond motifs is 2. The van der Waals surface area contributed by atoms with E-state index in [9.17, 15) is 14.3 Å². The highest BCUT2D eigenvalue weighted by Crippen LogP contribution is 2.39. The van der Waals surface area contributed by atoms with Crippen molar-refractivity contribution >= 4 is 16.8 Å². The fourth-order valence-electron chi connectivity index (χ4n) is 6.78. The van der Waals surface area contributed by atoms with Crippen molar-refractivity contribution in [2.45, 2.75) is 68.9 Å². The van der Waals surface area contributed by atoms with Gasteiger partial charge in [-0.3, -0.25) is 9.36 Å². The molecule has 2 aromatic heterocycles. The molecule has 4 aromatic rings.